The summed E-state index contributed by atoms with van der Waals surface area (Å²) in [6.45, 7) is 2.15. The lowest BCUT2D eigenvalue weighted by Gasteiger charge is -2.15. The fraction of sp³-hybridized carbons (Fsp3) is 0.857. The molecule has 1 aliphatic rings. The van der Waals surface area contributed by atoms with E-state index >= 15 is 0 Å². The average Bonchev–Trinajstić information content (AvgIpc) is 2.34. The summed E-state index contributed by atoms with van der Waals surface area (Å²) in [6.07, 6.45) is 0.941. The van der Waals surface area contributed by atoms with E-state index in [1.807, 2.05) is 0 Å². The summed E-state index contributed by atoms with van der Waals surface area (Å²) in [5.41, 5.74) is 0. The highest BCUT2D eigenvalue weighted by Crippen LogP contribution is 2.18. The van der Waals surface area contributed by atoms with Gasteiger partial charge in [0, 0.05) is 17.8 Å². The molecule has 0 spiro atoms. The fourth-order valence-electron chi connectivity index (χ4n) is 1.12. The summed E-state index contributed by atoms with van der Waals surface area (Å²) in [7, 11) is 0. The first-order valence-electron chi connectivity index (χ1n) is 3.59. The molecule has 0 bridgehead atoms. The molecule has 0 aromatic carbocycles. The highest BCUT2D eigenvalue weighted by molar-refractivity contribution is 14.1. The molecule has 0 N–H and O–H groups in total. The van der Waals surface area contributed by atoms with Crippen LogP contribution in [0.15, 0.2) is 0 Å². The van der Waals surface area contributed by atoms with Gasteiger partial charge in [-0.3, -0.25) is 4.79 Å². The van der Waals surface area contributed by atoms with Gasteiger partial charge in [-0.05, 0) is 0 Å². The number of halogens is 1. The third kappa shape index (κ3) is 2.59. The van der Waals surface area contributed by atoms with Crippen molar-refractivity contribution in [3.8, 4) is 0 Å². The maximum atomic E-state index is 10.6. The van der Waals surface area contributed by atoms with E-state index in [0.29, 0.717) is 6.61 Å². The van der Waals surface area contributed by atoms with Gasteiger partial charge in [-0.25, -0.2) is 0 Å². The fourth-order valence-corrected chi connectivity index (χ4v) is 1.94. The molecule has 64 valence electrons. The van der Waals surface area contributed by atoms with E-state index in [1.54, 1.807) is 0 Å². The third-order valence-corrected chi connectivity index (χ3v) is 2.49. The third-order valence-electron chi connectivity index (χ3n) is 1.62. The summed E-state index contributed by atoms with van der Waals surface area (Å²) in [6, 6.07) is 0. The lowest BCUT2D eigenvalue weighted by Crippen LogP contribution is -2.27. The van der Waals surface area contributed by atoms with Crippen LogP contribution in [0.2, 0.25) is 0 Å². The van der Waals surface area contributed by atoms with Gasteiger partial charge in [0.25, 0.3) is 0 Å². The number of alkyl halides is 1. The van der Waals surface area contributed by atoms with Crippen molar-refractivity contribution in [1.82, 2.24) is 0 Å². The molecule has 4 heteroatoms. The predicted octanol–water partition coefficient (Wildman–Crippen LogP) is 1.14. The molecule has 0 aromatic rings. The maximum Gasteiger partial charge on any atom is 0.302 e. The van der Waals surface area contributed by atoms with Crippen LogP contribution in [0.3, 0.4) is 0 Å². The highest BCUT2D eigenvalue weighted by atomic mass is 127. The number of esters is 1. The van der Waals surface area contributed by atoms with Crippen molar-refractivity contribution in [3.63, 3.8) is 0 Å². The van der Waals surface area contributed by atoms with Crippen molar-refractivity contribution in [2.24, 2.45) is 0 Å². The van der Waals surface area contributed by atoms with Crippen LogP contribution in [-0.4, -0.2) is 29.2 Å². The van der Waals surface area contributed by atoms with Crippen LogP contribution in [0.1, 0.15) is 13.3 Å². The minimum atomic E-state index is -0.213. The first kappa shape index (κ1) is 9.25. The molecule has 1 unspecified atom stereocenters. The smallest absolute Gasteiger partial charge is 0.302 e. The Balaban J connectivity index is 2.37. The minimum absolute atomic E-state index is 0.00981. The lowest BCUT2D eigenvalue weighted by atomic mass is 10.2. The molecule has 1 saturated heterocycles. The lowest BCUT2D eigenvalue weighted by molar-refractivity contribution is -0.148. The molecule has 0 aromatic heterocycles. The van der Waals surface area contributed by atoms with Crippen molar-refractivity contribution in [2.45, 2.75) is 25.6 Å². The van der Waals surface area contributed by atoms with Gasteiger partial charge in [-0.15, -0.1) is 0 Å². The van der Waals surface area contributed by atoms with Gasteiger partial charge in [-0.1, -0.05) is 22.6 Å². The van der Waals surface area contributed by atoms with Crippen molar-refractivity contribution >= 4 is 28.6 Å². The second kappa shape index (κ2) is 4.25. The molecule has 1 heterocycles. The Labute approximate surface area is 79.6 Å². The average molecular weight is 270 g/mol. The predicted molar refractivity (Wildman–Crippen MR) is 48.8 cm³/mol. The van der Waals surface area contributed by atoms with Crippen molar-refractivity contribution in [1.29, 1.82) is 0 Å². The van der Waals surface area contributed by atoms with Gasteiger partial charge >= 0.3 is 5.97 Å². The van der Waals surface area contributed by atoms with Crippen LogP contribution in [0.4, 0.5) is 0 Å². The number of carbonyl (C=O) groups is 1. The number of carbonyl (C=O) groups excluding carboxylic acids is 1. The van der Waals surface area contributed by atoms with Gasteiger partial charge in [-0.2, -0.15) is 0 Å². The second-order valence-corrected chi connectivity index (χ2v) is 3.38. The minimum Gasteiger partial charge on any atom is -0.460 e. The number of ether oxygens (including phenoxy) is 2. The number of rotatable bonds is 2. The Morgan fingerprint density at radius 2 is 2.55 bits per heavy atom. The number of hydrogen-bond acceptors (Lipinski definition) is 3. The van der Waals surface area contributed by atoms with E-state index in [-0.39, 0.29) is 18.2 Å². The molecule has 11 heavy (non-hydrogen) atoms. The van der Waals surface area contributed by atoms with E-state index in [0.717, 1.165) is 10.8 Å². The van der Waals surface area contributed by atoms with Gasteiger partial charge < -0.3 is 9.47 Å². The molecular weight excluding hydrogens is 259 g/mol. The van der Waals surface area contributed by atoms with E-state index < -0.39 is 0 Å². The zero-order valence-corrected chi connectivity index (χ0v) is 8.54. The maximum absolute atomic E-state index is 10.6. The molecule has 0 aliphatic carbocycles. The van der Waals surface area contributed by atoms with Gasteiger partial charge in [0.05, 0.1) is 6.61 Å². The summed E-state index contributed by atoms with van der Waals surface area (Å²) < 4.78 is 11.3. The molecule has 1 fully saturated rings. The molecule has 0 amide bonds. The Hall–Kier alpha value is 0.160. The van der Waals surface area contributed by atoms with Crippen LogP contribution in [0.5, 0.6) is 0 Å². The Morgan fingerprint density at radius 3 is 3.09 bits per heavy atom. The zero-order valence-electron chi connectivity index (χ0n) is 6.38. The van der Waals surface area contributed by atoms with Crippen molar-refractivity contribution < 1.29 is 14.3 Å². The molecule has 2 atom stereocenters. The molecule has 1 rings (SSSR count). The topological polar surface area (TPSA) is 35.5 Å². The van der Waals surface area contributed by atoms with E-state index in [4.69, 9.17) is 9.47 Å². The van der Waals surface area contributed by atoms with E-state index in [2.05, 4.69) is 22.6 Å². The molecule has 3 nitrogen and oxygen atoms in total. The van der Waals surface area contributed by atoms with Crippen molar-refractivity contribution in [3.05, 3.63) is 0 Å². The van der Waals surface area contributed by atoms with Gasteiger partial charge in [0.15, 0.2) is 0 Å². The quantitative estimate of drug-likeness (QED) is 0.429. The van der Waals surface area contributed by atoms with E-state index in [1.165, 1.54) is 6.92 Å². The van der Waals surface area contributed by atoms with Crippen LogP contribution < -0.4 is 0 Å². The second-order valence-electron chi connectivity index (χ2n) is 2.50. The van der Waals surface area contributed by atoms with Gasteiger partial charge in [0.1, 0.15) is 12.2 Å². The Kier molecular flexibility index (Phi) is 3.58. The molecular formula is C7H11IO3. The Bertz CT molecular complexity index is 149. The summed E-state index contributed by atoms with van der Waals surface area (Å²) in [5, 5.41) is 0. The van der Waals surface area contributed by atoms with Crippen LogP contribution in [0, 0.1) is 0 Å². The van der Waals surface area contributed by atoms with Crippen LogP contribution >= 0.6 is 22.6 Å². The van der Waals surface area contributed by atoms with E-state index in [9.17, 15) is 4.79 Å². The van der Waals surface area contributed by atoms with Crippen molar-refractivity contribution in [2.75, 3.05) is 11.0 Å². The van der Waals surface area contributed by atoms with Gasteiger partial charge in [0.2, 0.25) is 0 Å². The standard InChI is InChI=1S/C7H11IO3/c1-5(9)11-6-2-3-10-7(6)4-8/h6-7H,2-4H2,1H3/t6?,7-/m1/s1. The molecule has 0 radical (unpaired) electrons. The normalized spacial score (nSPS) is 30.4. The largest absolute Gasteiger partial charge is 0.460 e. The number of hydrogen-bond donors (Lipinski definition) is 0. The first-order valence-corrected chi connectivity index (χ1v) is 5.11. The Morgan fingerprint density at radius 1 is 1.82 bits per heavy atom. The van der Waals surface area contributed by atoms with Crippen LogP contribution in [0.25, 0.3) is 0 Å². The SMILES string of the molecule is CC(=O)OC1CCO[C@@H]1CI. The van der Waals surface area contributed by atoms with Crippen LogP contribution in [-0.2, 0) is 14.3 Å². The first-order chi connectivity index (χ1) is 5.24. The molecule has 0 saturated carbocycles. The molecule has 1 aliphatic heterocycles. The summed E-state index contributed by atoms with van der Waals surface area (Å²) in [4.78, 5) is 10.6. The highest BCUT2D eigenvalue weighted by Gasteiger charge is 2.29. The monoisotopic (exact) mass is 270 g/mol. The summed E-state index contributed by atoms with van der Waals surface area (Å²) >= 11 is 2.24. The summed E-state index contributed by atoms with van der Waals surface area (Å²) in [5.74, 6) is -0.213. The zero-order chi connectivity index (χ0) is 8.27.